The zero-order valence-electron chi connectivity index (χ0n) is 16.3. The van der Waals surface area contributed by atoms with Gasteiger partial charge in [0.1, 0.15) is 5.69 Å². The summed E-state index contributed by atoms with van der Waals surface area (Å²) < 4.78 is 23.5. The van der Waals surface area contributed by atoms with Crippen molar-refractivity contribution in [3.63, 3.8) is 0 Å². The van der Waals surface area contributed by atoms with Gasteiger partial charge in [0.05, 0.1) is 11.5 Å². The number of rotatable bonds is 5. The predicted octanol–water partition coefficient (Wildman–Crippen LogP) is 1.32. The lowest BCUT2D eigenvalue weighted by molar-refractivity contribution is 0.0946. The van der Waals surface area contributed by atoms with E-state index in [0.717, 1.165) is 43.9 Å². The van der Waals surface area contributed by atoms with Gasteiger partial charge in [-0.2, -0.15) is 0 Å². The molecule has 0 bridgehead atoms. The fourth-order valence-electron chi connectivity index (χ4n) is 4.02. The van der Waals surface area contributed by atoms with Gasteiger partial charge in [0.25, 0.3) is 5.91 Å². The van der Waals surface area contributed by atoms with E-state index in [0.29, 0.717) is 18.0 Å². The van der Waals surface area contributed by atoms with E-state index in [4.69, 9.17) is 0 Å². The monoisotopic (exact) mass is 414 g/mol. The molecule has 0 radical (unpaired) electrons. The highest BCUT2D eigenvalue weighted by molar-refractivity contribution is 7.91. The third kappa shape index (κ3) is 4.94. The van der Waals surface area contributed by atoms with Crippen LogP contribution in [0.4, 0.5) is 5.69 Å². The summed E-state index contributed by atoms with van der Waals surface area (Å²) in [6.45, 7) is 3.75. The molecule has 1 N–H and O–H groups in total. The Bertz CT molecular complexity index is 957. The number of piperazine rings is 1. The molecule has 0 spiro atoms. The van der Waals surface area contributed by atoms with Crippen LogP contribution in [0.3, 0.4) is 0 Å². The van der Waals surface area contributed by atoms with Crippen LogP contribution in [-0.2, 0) is 16.4 Å². The number of aromatic nitrogens is 1. The summed E-state index contributed by atoms with van der Waals surface area (Å²) in [5.41, 5.74) is 2.42. The van der Waals surface area contributed by atoms with Crippen molar-refractivity contribution in [3.05, 3.63) is 59.9 Å². The highest BCUT2D eigenvalue weighted by Gasteiger charge is 2.33. The second-order valence-corrected chi connectivity index (χ2v) is 9.88. The van der Waals surface area contributed by atoms with E-state index < -0.39 is 9.84 Å². The summed E-state index contributed by atoms with van der Waals surface area (Å²) in [5.74, 6) is 0.406. The Morgan fingerprint density at radius 1 is 1.10 bits per heavy atom. The molecule has 1 unspecified atom stereocenters. The maximum Gasteiger partial charge on any atom is 0.270 e. The topological polar surface area (TPSA) is 82.6 Å². The minimum atomic E-state index is -2.86. The van der Waals surface area contributed by atoms with Gasteiger partial charge in [0.15, 0.2) is 9.84 Å². The van der Waals surface area contributed by atoms with Crippen LogP contribution < -0.4 is 10.2 Å². The second kappa shape index (κ2) is 8.51. The lowest BCUT2D eigenvalue weighted by Crippen LogP contribution is -2.50. The molecule has 3 heterocycles. The van der Waals surface area contributed by atoms with Gasteiger partial charge in [-0.25, -0.2) is 8.42 Å². The molecule has 1 atom stereocenters. The van der Waals surface area contributed by atoms with Crippen LogP contribution >= 0.6 is 0 Å². The molecule has 0 aliphatic carbocycles. The van der Waals surface area contributed by atoms with Crippen molar-refractivity contribution in [3.8, 4) is 0 Å². The number of nitrogens with one attached hydrogen (secondary N) is 1. The molecule has 154 valence electrons. The van der Waals surface area contributed by atoms with Crippen molar-refractivity contribution < 1.29 is 13.2 Å². The van der Waals surface area contributed by atoms with E-state index in [1.54, 1.807) is 6.20 Å². The number of carbonyl (C=O) groups is 1. The summed E-state index contributed by atoms with van der Waals surface area (Å²) in [5, 5.41) is 2.91. The van der Waals surface area contributed by atoms with Crippen LogP contribution in [0.5, 0.6) is 0 Å². The third-order valence-corrected chi connectivity index (χ3v) is 7.43. The highest BCUT2D eigenvalue weighted by atomic mass is 32.2. The minimum Gasteiger partial charge on any atom is -0.369 e. The largest absolute Gasteiger partial charge is 0.369 e. The highest BCUT2D eigenvalue weighted by Crippen LogP contribution is 2.22. The fourth-order valence-corrected chi connectivity index (χ4v) is 5.78. The maximum absolute atomic E-state index is 12.5. The first-order valence-electron chi connectivity index (χ1n) is 9.98. The Hall–Kier alpha value is -2.45. The molecule has 8 heteroatoms. The van der Waals surface area contributed by atoms with Crippen LogP contribution in [0.2, 0.25) is 0 Å². The summed E-state index contributed by atoms with van der Waals surface area (Å²) in [6, 6.07) is 13.7. The fraction of sp³-hybridized carbons (Fsp3) is 0.429. The van der Waals surface area contributed by atoms with Crippen molar-refractivity contribution in [2.24, 2.45) is 0 Å². The van der Waals surface area contributed by atoms with E-state index in [2.05, 4.69) is 20.1 Å². The Balaban J connectivity index is 1.34. The van der Waals surface area contributed by atoms with E-state index in [-0.39, 0.29) is 17.7 Å². The van der Waals surface area contributed by atoms with E-state index in [9.17, 15) is 13.2 Å². The Kier molecular flexibility index (Phi) is 5.82. The van der Waals surface area contributed by atoms with Crippen molar-refractivity contribution >= 4 is 21.4 Å². The molecule has 1 aromatic heterocycles. The predicted molar refractivity (Wildman–Crippen MR) is 113 cm³/mol. The average Bonchev–Trinajstić information content (AvgIpc) is 3.12. The van der Waals surface area contributed by atoms with Crippen LogP contribution in [0.1, 0.15) is 22.5 Å². The smallest absolute Gasteiger partial charge is 0.270 e. The van der Waals surface area contributed by atoms with Crippen molar-refractivity contribution in [1.29, 1.82) is 0 Å². The molecule has 29 heavy (non-hydrogen) atoms. The van der Waals surface area contributed by atoms with Crippen molar-refractivity contribution in [2.75, 3.05) is 42.6 Å². The summed E-state index contributed by atoms with van der Waals surface area (Å²) in [4.78, 5) is 21.2. The number of anilines is 1. The zero-order valence-corrected chi connectivity index (χ0v) is 17.1. The number of hydrogen-bond donors (Lipinski definition) is 1. The van der Waals surface area contributed by atoms with Crippen LogP contribution in [0, 0.1) is 0 Å². The molecular weight excluding hydrogens is 388 g/mol. The molecule has 1 aromatic carbocycles. The molecule has 4 rings (SSSR count). The van der Waals surface area contributed by atoms with Gasteiger partial charge in [-0.1, -0.05) is 30.3 Å². The number of pyridine rings is 1. The Morgan fingerprint density at radius 3 is 2.55 bits per heavy atom. The summed E-state index contributed by atoms with van der Waals surface area (Å²) in [6.07, 6.45) is 2.41. The van der Waals surface area contributed by atoms with Gasteiger partial charge in [0, 0.05) is 50.6 Å². The molecule has 7 nitrogen and oxygen atoms in total. The van der Waals surface area contributed by atoms with E-state index >= 15 is 0 Å². The molecular formula is C21H26N4O3S. The number of benzene rings is 1. The van der Waals surface area contributed by atoms with Gasteiger partial charge in [-0.3, -0.25) is 14.7 Å². The van der Waals surface area contributed by atoms with Crippen LogP contribution in [-0.4, -0.2) is 67.9 Å². The first-order valence-corrected chi connectivity index (χ1v) is 11.8. The SMILES string of the molecule is O=C(NCc1ccccc1)c1cc(N2CCN(C3CCS(=O)(=O)C3)CC2)ccn1. The molecule has 0 saturated carbocycles. The molecule has 1 amide bonds. The minimum absolute atomic E-state index is 0.152. The first-order chi connectivity index (χ1) is 14.0. The molecule has 2 aromatic rings. The van der Waals surface area contributed by atoms with Crippen LogP contribution in [0.15, 0.2) is 48.7 Å². The number of sulfone groups is 1. The number of amides is 1. The van der Waals surface area contributed by atoms with E-state index in [1.165, 1.54) is 0 Å². The van der Waals surface area contributed by atoms with Gasteiger partial charge in [-0.05, 0) is 24.1 Å². The van der Waals surface area contributed by atoms with Gasteiger partial charge in [-0.15, -0.1) is 0 Å². The number of carbonyl (C=O) groups excluding carboxylic acids is 1. The Morgan fingerprint density at radius 2 is 1.86 bits per heavy atom. The summed E-state index contributed by atoms with van der Waals surface area (Å²) >= 11 is 0. The van der Waals surface area contributed by atoms with Crippen molar-refractivity contribution in [1.82, 2.24) is 15.2 Å². The van der Waals surface area contributed by atoms with Gasteiger partial charge in [0.2, 0.25) is 0 Å². The second-order valence-electron chi connectivity index (χ2n) is 7.65. The zero-order chi connectivity index (χ0) is 20.3. The molecule has 2 aliphatic heterocycles. The van der Waals surface area contributed by atoms with Crippen LogP contribution in [0.25, 0.3) is 0 Å². The average molecular weight is 415 g/mol. The third-order valence-electron chi connectivity index (χ3n) is 5.68. The quantitative estimate of drug-likeness (QED) is 0.795. The number of hydrogen-bond acceptors (Lipinski definition) is 6. The molecule has 2 saturated heterocycles. The Labute approximate surface area is 171 Å². The lowest BCUT2D eigenvalue weighted by Gasteiger charge is -2.38. The maximum atomic E-state index is 12.5. The standard InChI is InChI=1S/C21H26N4O3S/c26-21(23-15-17-4-2-1-3-5-17)20-14-18(6-8-22-20)24-9-11-25(12-10-24)19-7-13-29(27,28)16-19/h1-6,8,14,19H,7,9-13,15-16H2,(H,23,26). The van der Waals surface area contributed by atoms with Gasteiger partial charge < -0.3 is 10.2 Å². The molecule has 2 fully saturated rings. The van der Waals surface area contributed by atoms with Crippen molar-refractivity contribution in [2.45, 2.75) is 19.0 Å². The first kappa shape index (κ1) is 19.8. The summed E-state index contributed by atoms with van der Waals surface area (Å²) in [7, 11) is -2.86. The lowest BCUT2D eigenvalue weighted by atomic mass is 10.1. The molecule has 2 aliphatic rings. The van der Waals surface area contributed by atoms with E-state index in [1.807, 2.05) is 42.5 Å². The normalized spacial score (nSPS) is 21.8. The number of nitrogens with zero attached hydrogens (tertiary/aromatic N) is 3. The van der Waals surface area contributed by atoms with Gasteiger partial charge >= 0.3 is 0 Å².